The maximum Gasteiger partial charge on any atom is 0.407 e. The van der Waals surface area contributed by atoms with E-state index in [1.807, 2.05) is 0 Å². The second-order valence-corrected chi connectivity index (χ2v) is 8.71. The number of aromatic carboxylic acids is 2. The number of nitrogens with one attached hydrogen (secondary N) is 1. The van der Waals surface area contributed by atoms with Gasteiger partial charge < -0.3 is 24.8 Å². The number of hydrogen-bond donors (Lipinski definition) is 3. The smallest absolute Gasteiger partial charge is 0.407 e. The molecule has 1 aliphatic rings. The van der Waals surface area contributed by atoms with Gasteiger partial charge in [-0.1, -0.05) is 12.5 Å². The van der Waals surface area contributed by atoms with Gasteiger partial charge in [-0.2, -0.15) is 0 Å². The van der Waals surface area contributed by atoms with E-state index >= 15 is 0 Å². The Bertz CT molecular complexity index is 965. The number of carboxylic acid groups (broad SMARTS) is 2. The van der Waals surface area contributed by atoms with Crippen molar-refractivity contribution in [2.45, 2.75) is 52.2 Å². The molecule has 0 radical (unpaired) electrons. The van der Waals surface area contributed by atoms with E-state index in [1.165, 1.54) is 12.1 Å². The summed E-state index contributed by atoms with van der Waals surface area (Å²) in [5, 5.41) is 22.4. The number of nitrogens with zero attached hydrogens (tertiary/aromatic N) is 1. The van der Waals surface area contributed by atoms with E-state index in [0.29, 0.717) is 24.0 Å². The highest BCUT2D eigenvalue weighted by Gasteiger charge is 2.39. The molecule has 1 amide bonds. The lowest BCUT2D eigenvalue weighted by atomic mass is 9.68. The lowest BCUT2D eigenvalue weighted by Crippen LogP contribution is -2.46. The summed E-state index contributed by atoms with van der Waals surface area (Å²) in [5.74, 6) is -2.14. The largest absolute Gasteiger partial charge is 0.478 e. The Morgan fingerprint density at radius 1 is 1.14 bits per heavy atom. The summed E-state index contributed by atoms with van der Waals surface area (Å²) in [6.07, 6.45) is 2.14. The maximum absolute atomic E-state index is 12.1. The standard InChI is InChI=1S/C21H26N2O6/c1-20(2,3)29-19(28)22-11-21(7-4-8-21)12-23-15-10-14(17(24)25)6-5-13(15)9-16(23)18(26)27/h5-6,9-10H,4,7-8,11-12H2,1-3H3,(H,22,28)(H,24,25)(H,26,27). The molecule has 156 valence electrons. The third kappa shape index (κ3) is 4.52. The van der Waals surface area contributed by atoms with Crippen molar-refractivity contribution in [3.63, 3.8) is 0 Å². The summed E-state index contributed by atoms with van der Waals surface area (Å²) in [6.45, 7) is 6.10. The lowest BCUT2D eigenvalue weighted by Gasteiger charge is -2.42. The second-order valence-electron chi connectivity index (χ2n) is 8.71. The first-order valence-corrected chi connectivity index (χ1v) is 9.56. The lowest BCUT2D eigenvalue weighted by molar-refractivity contribution is 0.0420. The van der Waals surface area contributed by atoms with Gasteiger partial charge in [-0.3, -0.25) is 0 Å². The molecule has 1 aromatic heterocycles. The van der Waals surface area contributed by atoms with Crippen molar-refractivity contribution in [1.82, 2.24) is 9.88 Å². The number of benzene rings is 1. The Hall–Kier alpha value is -3.03. The van der Waals surface area contributed by atoms with Crippen LogP contribution in [-0.2, 0) is 11.3 Å². The molecule has 1 fully saturated rings. The quantitative estimate of drug-likeness (QED) is 0.678. The van der Waals surface area contributed by atoms with Crippen molar-refractivity contribution in [3.05, 3.63) is 35.5 Å². The number of amides is 1. The highest BCUT2D eigenvalue weighted by Crippen LogP contribution is 2.43. The molecule has 1 saturated carbocycles. The van der Waals surface area contributed by atoms with Crippen LogP contribution in [-0.4, -0.2) is 45.0 Å². The number of ether oxygens (including phenoxy) is 1. The minimum Gasteiger partial charge on any atom is -0.478 e. The predicted molar refractivity (Wildman–Crippen MR) is 106 cm³/mol. The molecule has 0 aliphatic heterocycles. The Balaban J connectivity index is 1.89. The molecule has 0 bridgehead atoms. The van der Waals surface area contributed by atoms with Crippen LogP contribution in [0.5, 0.6) is 0 Å². The van der Waals surface area contributed by atoms with Gasteiger partial charge >= 0.3 is 18.0 Å². The first kappa shape index (κ1) is 20.7. The van der Waals surface area contributed by atoms with Crippen LogP contribution in [0.3, 0.4) is 0 Å². The minimum atomic E-state index is -1.08. The van der Waals surface area contributed by atoms with Gasteiger partial charge in [0.2, 0.25) is 0 Å². The number of carbonyl (C=O) groups is 3. The van der Waals surface area contributed by atoms with Crippen LogP contribution >= 0.6 is 0 Å². The summed E-state index contributed by atoms with van der Waals surface area (Å²) < 4.78 is 6.95. The van der Waals surface area contributed by atoms with Gasteiger partial charge in [-0.15, -0.1) is 0 Å². The number of fused-ring (bicyclic) bond motifs is 1. The van der Waals surface area contributed by atoms with E-state index in [1.54, 1.807) is 37.5 Å². The molecule has 8 heteroatoms. The van der Waals surface area contributed by atoms with Crippen LogP contribution in [0, 0.1) is 5.41 Å². The van der Waals surface area contributed by atoms with Crippen LogP contribution < -0.4 is 5.32 Å². The zero-order chi connectivity index (χ0) is 21.4. The van der Waals surface area contributed by atoms with Gasteiger partial charge in [0.25, 0.3) is 0 Å². The Labute approximate surface area is 168 Å². The molecule has 29 heavy (non-hydrogen) atoms. The molecule has 1 aromatic carbocycles. The van der Waals surface area contributed by atoms with Crippen LogP contribution in [0.25, 0.3) is 10.9 Å². The fourth-order valence-electron chi connectivity index (χ4n) is 3.71. The van der Waals surface area contributed by atoms with E-state index in [-0.39, 0.29) is 16.7 Å². The monoisotopic (exact) mass is 402 g/mol. The number of rotatable bonds is 6. The average molecular weight is 402 g/mol. The summed E-state index contributed by atoms with van der Waals surface area (Å²) in [5.41, 5.74) is -0.135. The molecule has 8 nitrogen and oxygen atoms in total. The van der Waals surface area contributed by atoms with E-state index in [4.69, 9.17) is 4.74 Å². The van der Waals surface area contributed by atoms with Crippen molar-refractivity contribution in [3.8, 4) is 0 Å². The first-order chi connectivity index (χ1) is 13.5. The normalized spacial score (nSPS) is 15.6. The van der Waals surface area contributed by atoms with Crippen molar-refractivity contribution >= 4 is 28.9 Å². The molecule has 1 heterocycles. The molecule has 0 saturated heterocycles. The van der Waals surface area contributed by atoms with E-state index in [9.17, 15) is 24.6 Å². The average Bonchev–Trinajstić information content (AvgIpc) is 2.93. The Kier molecular flexibility index (Phi) is 5.30. The molecular formula is C21H26N2O6. The van der Waals surface area contributed by atoms with Gasteiger partial charge in [0.05, 0.1) is 5.56 Å². The molecule has 0 spiro atoms. The van der Waals surface area contributed by atoms with Crippen molar-refractivity contribution in [2.24, 2.45) is 5.41 Å². The van der Waals surface area contributed by atoms with Crippen molar-refractivity contribution in [2.75, 3.05) is 6.54 Å². The van der Waals surface area contributed by atoms with Crippen molar-refractivity contribution in [1.29, 1.82) is 0 Å². The Morgan fingerprint density at radius 2 is 1.83 bits per heavy atom. The van der Waals surface area contributed by atoms with Crippen LogP contribution in [0.2, 0.25) is 0 Å². The SMILES string of the molecule is CC(C)(C)OC(=O)NCC1(Cn2c(C(=O)O)cc3ccc(C(=O)O)cc32)CCC1. The van der Waals surface area contributed by atoms with Crippen LogP contribution in [0.15, 0.2) is 24.3 Å². The molecular weight excluding hydrogens is 376 g/mol. The summed E-state index contributed by atoms with van der Waals surface area (Å²) in [6, 6.07) is 6.13. The predicted octanol–water partition coefficient (Wildman–Crippen LogP) is 3.73. The van der Waals surface area contributed by atoms with Crippen LogP contribution in [0.4, 0.5) is 4.79 Å². The van der Waals surface area contributed by atoms with Crippen molar-refractivity contribution < 1.29 is 29.3 Å². The van der Waals surface area contributed by atoms with Gasteiger partial charge in [0.15, 0.2) is 0 Å². The fraction of sp³-hybridized carbons (Fsp3) is 0.476. The van der Waals surface area contributed by atoms with Gasteiger partial charge in [-0.25, -0.2) is 14.4 Å². The summed E-state index contributed by atoms with van der Waals surface area (Å²) in [7, 11) is 0. The molecule has 3 N–H and O–H groups in total. The topological polar surface area (TPSA) is 118 Å². The van der Waals surface area contributed by atoms with E-state index < -0.39 is 23.6 Å². The molecule has 1 aliphatic carbocycles. The van der Waals surface area contributed by atoms with E-state index in [2.05, 4.69) is 5.32 Å². The first-order valence-electron chi connectivity index (χ1n) is 9.56. The Morgan fingerprint density at radius 3 is 2.34 bits per heavy atom. The zero-order valence-electron chi connectivity index (χ0n) is 16.8. The fourth-order valence-corrected chi connectivity index (χ4v) is 3.71. The number of carboxylic acids is 2. The number of aromatic nitrogens is 1. The van der Waals surface area contributed by atoms with Crippen LogP contribution in [0.1, 0.15) is 60.9 Å². The molecule has 0 atom stereocenters. The van der Waals surface area contributed by atoms with Gasteiger partial charge in [0, 0.05) is 29.4 Å². The summed E-state index contributed by atoms with van der Waals surface area (Å²) in [4.78, 5) is 35.2. The third-order valence-electron chi connectivity index (χ3n) is 5.28. The minimum absolute atomic E-state index is 0.100. The molecule has 0 unspecified atom stereocenters. The van der Waals surface area contributed by atoms with Gasteiger partial charge in [0.1, 0.15) is 11.3 Å². The highest BCUT2D eigenvalue weighted by atomic mass is 16.6. The molecule has 2 aromatic rings. The molecule has 3 rings (SSSR count). The number of carbonyl (C=O) groups excluding carboxylic acids is 1. The number of hydrogen-bond acceptors (Lipinski definition) is 4. The van der Waals surface area contributed by atoms with E-state index in [0.717, 1.165) is 19.3 Å². The highest BCUT2D eigenvalue weighted by molar-refractivity contribution is 5.98. The zero-order valence-corrected chi connectivity index (χ0v) is 16.8. The van der Waals surface area contributed by atoms with Gasteiger partial charge in [-0.05, 0) is 51.8 Å². The summed E-state index contributed by atoms with van der Waals surface area (Å²) >= 11 is 0. The maximum atomic E-state index is 12.1. The second kappa shape index (κ2) is 7.42. The number of alkyl carbamates (subject to hydrolysis) is 1. The third-order valence-corrected chi connectivity index (χ3v) is 5.28.